The molecule has 2 amide bonds. The summed E-state index contributed by atoms with van der Waals surface area (Å²) in [5, 5.41) is 21.0. The van der Waals surface area contributed by atoms with Gasteiger partial charge in [-0.15, -0.1) is 10.2 Å². The Kier molecular flexibility index (Phi) is 3.94. The van der Waals surface area contributed by atoms with Crippen LogP contribution < -0.4 is 5.32 Å². The van der Waals surface area contributed by atoms with E-state index in [0.717, 1.165) is 5.01 Å². The molecule has 0 saturated carbocycles. The average Bonchev–Trinajstić information content (AvgIpc) is 2.96. The maximum atomic E-state index is 12.1. The summed E-state index contributed by atoms with van der Waals surface area (Å²) in [4.78, 5) is 25.2. The Balaban J connectivity index is 2.05. The van der Waals surface area contributed by atoms with Gasteiger partial charge in [0.25, 0.3) is 0 Å². The number of nitrogens with zero attached hydrogens (tertiary/aromatic N) is 3. The van der Waals surface area contributed by atoms with Gasteiger partial charge >= 0.3 is 12.0 Å². The number of nitrogens with one attached hydrogen (secondary N) is 1. The molecule has 0 aromatic carbocycles. The van der Waals surface area contributed by atoms with Gasteiger partial charge in [-0.25, -0.2) is 4.79 Å². The van der Waals surface area contributed by atoms with Gasteiger partial charge in [0.15, 0.2) is 0 Å². The third kappa shape index (κ3) is 2.60. The fourth-order valence-corrected chi connectivity index (χ4v) is 3.00. The zero-order chi connectivity index (χ0) is 14.9. The number of urea groups is 1. The van der Waals surface area contributed by atoms with Gasteiger partial charge in [-0.2, -0.15) is 0 Å². The number of carbonyl (C=O) groups is 2. The number of hydrogen-bond donors (Lipinski definition) is 2. The Morgan fingerprint density at radius 1 is 1.45 bits per heavy atom. The van der Waals surface area contributed by atoms with Crippen molar-refractivity contribution in [3.8, 4) is 0 Å². The van der Waals surface area contributed by atoms with Crippen molar-refractivity contribution in [1.82, 2.24) is 15.1 Å². The molecule has 0 radical (unpaired) electrons. The predicted octanol–water partition coefficient (Wildman–Crippen LogP) is 1.81. The van der Waals surface area contributed by atoms with E-state index in [1.807, 2.05) is 13.8 Å². The molecule has 1 aromatic heterocycles. The molecule has 2 N–H and O–H groups in total. The van der Waals surface area contributed by atoms with Crippen molar-refractivity contribution in [2.45, 2.75) is 27.2 Å². The van der Waals surface area contributed by atoms with Crippen LogP contribution in [-0.4, -0.2) is 45.3 Å². The van der Waals surface area contributed by atoms with Gasteiger partial charge in [-0.05, 0) is 19.3 Å². The molecule has 1 fully saturated rings. The van der Waals surface area contributed by atoms with E-state index in [4.69, 9.17) is 0 Å². The molecule has 0 aliphatic carbocycles. The molecular weight excluding hydrogens is 280 g/mol. The number of aryl methyl sites for hydroxylation is 1. The van der Waals surface area contributed by atoms with E-state index < -0.39 is 11.4 Å². The minimum Gasteiger partial charge on any atom is -0.481 e. The number of carboxylic acids is 1. The van der Waals surface area contributed by atoms with Crippen LogP contribution in [0.1, 0.15) is 25.3 Å². The normalized spacial score (nSPS) is 22.3. The molecule has 1 aromatic rings. The maximum Gasteiger partial charge on any atom is 0.323 e. The molecule has 1 unspecified atom stereocenters. The maximum absolute atomic E-state index is 12.1. The lowest BCUT2D eigenvalue weighted by Gasteiger charge is -2.28. The Hall–Kier alpha value is -1.70. The van der Waals surface area contributed by atoms with Crippen LogP contribution >= 0.6 is 11.3 Å². The van der Waals surface area contributed by atoms with Gasteiger partial charge in [0.2, 0.25) is 5.13 Å². The van der Waals surface area contributed by atoms with Crippen LogP contribution in [0.3, 0.4) is 0 Å². The van der Waals surface area contributed by atoms with Crippen LogP contribution in [0.2, 0.25) is 0 Å². The quantitative estimate of drug-likeness (QED) is 0.887. The third-order valence-electron chi connectivity index (χ3n) is 3.86. The largest absolute Gasteiger partial charge is 0.481 e. The summed E-state index contributed by atoms with van der Waals surface area (Å²) in [6.45, 7) is 6.22. The summed E-state index contributed by atoms with van der Waals surface area (Å²) >= 11 is 1.29. The summed E-state index contributed by atoms with van der Waals surface area (Å²) in [6.07, 6.45) is 0.475. The fourth-order valence-electron chi connectivity index (χ4n) is 2.42. The standard InChI is InChI=1S/C12H18N4O3S/c1-7(2)12(9(17)18)4-5-16(6-12)11(19)13-10-15-14-8(3)20-10/h7H,4-6H2,1-3H3,(H,17,18)(H,13,15,19). The van der Waals surface area contributed by atoms with Crippen LogP contribution in [-0.2, 0) is 4.79 Å². The average molecular weight is 298 g/mol. The van der Waals surface area contributed by atoms with Crippen LogP contribution in [0.5, 0.6) is 0 Å². The number of anilines is 1. The van der Waals surface area contributed by atoms with E-state index in [2.05, 4.69) is 15.5 Å². The Morgan fingerprint density at radius 3 is 2.60 bits per heavy atom. The van der Waals surface area contributed by atoms with E-state index in [1.54, 1.807) is 6.92 Å². The summed E-state index contributed by atoms with van der Waals surface area (Å²) < 4.78 is 0. The van der Waals surface area contributed by atoms with Crippen molar-refractivity contribution in [3.05, 3.63) is 5.01 Å². The minimum absolute atomic E-state index is 0.0263. The number of aliphatic carboxylic acids is 1. The number of rotatable bonds is 3. The predicted molar refractivity (Wildman–Crippen MR) is 74.8 cm³/mol. The van der Waals surface area contributed by atoms with Gasteiger partial charge in [0.05, 0.1) is 5.41 Å². The first-order chi connectivity index (χ1) is 9.35. The number of likely N-dealkylation sites (tertiary alicyclic amines) is 1. The molecule has 110 valence electrons. The third-order valence-corrected chi connectivity index (χ3v) is 4.61. The number of aromatic nitrogens is 2. The number of carbonyl (C=O) groups excluding carboxylic acids is 1. The molecule has 0 bridgehead atoms. The highest BCUT2D eigenvalue weighted by molar-refractivity contribution is 7.15. The zero-order valence-corrected chi connectivity index (χ0v) is 12.5. The molecular formula is C12H18N4O3S. The number of carboxylic acid groups (broad SMARTS) is 1. The second-order valence-electron chi connectivity index (χ2n) is 5.34. The molecule has 1 aliphatic heterocycles. The zero-order valence-electron chi connectivity index (χ0n) is 11.7. The van der Waals surface area contributed by atoms with Crippen molar-refractivity contribution in [2.75, 3.05) is 18.4 Å². The molecule has 2 heterocycles. The lowest BCUT2D eigenvalue weighted by Crippen LogP contribution is -2.41. The van der Waals surface area contributed by atoms with E-state index in [-0.39, 0.29) is 18.5 Å². The van der Waals surface area contributed by atoms with Gasteiger partial charge < -0.3 is 10.0 Å². The number of amides is 2. The first-order valence-corrected chi connectivity index (χ1v) is 7.26. The topological polar surface area (TPSA) is 95.4 Å². The van der Waals surface area contributed by atoms with E-state index in [1.165, 1.54) is 16.2 Å². The van der Waals surface area contributed by atoms with Crippen molar-refractivity contribution in [1.29, 1.82) is 0 Å². The number of hydrogen-bond acceptors (Lipinski definition) is 5. The van der Waals surface area contributed by atoms with Crippen molar-refractivity contribution < 1.29 is 14.7 Å². The smallest absolute Gasteiger partial charge is 0.323 e. The summed E-state index contributed by atoms with van der Waals surface area (Å²) in [5.41, 5.74) is -0.853. The van der Waals surface area contributed by atoms with E-state index in [0.29, 0.717) is 18.1 Å². The van der Waals surface area contributed by atoms with Crippen molar-refractivity contribution in [3.63, 3.8) is 0 Å². The monoisotopic (exact) mass is 298 g/mol. The van der Waals surface area contributed by atoms with Crippen LogP contribution in [0.15, 0.2) is 0 Å². The second kappa shape index (κ2) is 5.35. The molecule has 2 rings (SSSR count). The van der Waals surface area contributed by atoms with Crippen LogP contribution in [0.25, 0.3) is 0 Å². The van der Waals surface area contributed by atoms with Crippen molar-refractivity contribution >= 4 is 28.5 Å². The van der Waals surface area contributed by atoms with Gasteiger partial charge in [-0.3, -0.25) is 10.1 Å². The highest BCUT2D eigenvalue weighted by Gasteiger charge is 2.48. The van der Waals surface area contributed by atoms with Crippen molar-refractivity contribution in [2.24, 2.45) is 11.3 Å². The second-order valence-corrected chi connectivity index (χ2v) is 6.53. The van der Waals surface area contributed by atoms with E-state index in [9.17, 15) is 14.7 Å². The Labute approximate surface area is 121 Å². The highest BCUT2D eigenvalue weighted by Crippen LogP contribution is 2.38. The molecule has 7 nitrogen and oxygen atoms in total. The minimum atomic E-state index is -0.853. The fraction of sp³-hybridized carbons (Fsp3) is 0.667. The van der Waals surface area contributed by atoms with Crippen LogP contribution in [0, 0.1) is 18.3 Å². The van der Waals surface area contributed by atoms with Crippen LogP contribution in [0.4, 0.5) is 9.93 Å². The molecule has 8 heteroatoms. The molecule has 1 atom stereocenters. The Morgan fingerprint density at radius 2 is 2.15 bits per heavy atom. The first kappa shape index (κ1) is 14.7. The van der Waals surface area contributed by atoms with Gasteiger partial charge in [0.1, 0.15) is 5.01 Å². The summed E-state index contributed by atoms with van der Waals surface area (Å²) in [6, 6.07) is -0.315. The molecule has 1 aliphatic rings. The summed E-state index contributed by atoms with van der Waals surface area (Å²) in [7, 11) is 0. The highest BCUT2D eigenvalue weighted by atomic mass is 32.1. The SMILES string of the molecule is Cc1nnc(NC(=O)N2CCC(C(=O)O)(C(C)C)C2)s1. The summed E-state index contributed by atoms with van der Waals surface area (Å²) in [5.74, 6) is -0.865. The van der Waals surface area contributed by atoms with E-state index >= 15 is 0 Å². The van der Waals surface area contributed by atoms with Gasteiger partial charge in [-0.1, -0.05) is 25.2 Å². The lowest BCUT2D eigenvalue weighted by molar-refractivity contribution is -0.150. The first-order valence-electron chi connectivity index (χ1n) is 6.44. The molecule has 20 heavy (non-hydrogen) atoms. The lowest BCUT2D eigenvalue weighted by atomic mass is 9.76. The molecule has 0 spiro atoms. The molecule has 1 saturated heterocycles. The Bertz CT molecular complexity index is 531. The van der Waals surface area contributed by atoms with Gasteiger partial charge in [0, 0.05) is 13.1 Å².